The van der Waals surface area contributed by atoms with E-state index in [0.717, 1.165) is 60.0 Å². The smallest absolute Gasteiger partial charge is 0.321 e. The second kappa shape index (κ2) is 7.06. The SMILES string of the molecule is CCn1nc(C)c(NC(=O)N2CCC[C@@H](c3nc4ccccc4o3)C2)c1C. The average molecular weight is 367 g/mol. The lowest BCUT2D eigenvalue weighted by Crippen LogP contribution is -2.41. The number of carbonyl (C=O) groups excluding carboxylic acids is 1. The molecule has 27 heavy (non-hydrogen) atoms. The summed E-state index contributed by atoms with van der Waals surface area (Å²) in [5.41, 5.74) is 4.30. The van der Waals surface area contributed by atoms with Crippen LogP contribution in [0.15, 0.2) is 28.7 Å². The zero-order valence-electron chi connectivity index (χ0n) is 16.0. The third-order valence-electron chi connectivity index (χ3n) is 5.28. The number of hydrogen-bond acceptors (Lipinski definition) is 4. The van der Waals surface area contributed by atoms with Crippen LogP contribution in [0.2, 0.25) is 0 Å². The number of urea groups is 1. The van der Waals surface area contributed by atoms with Gasteiger partial charge in [0.05, 0.1) is 23.0 Å². The fourth-order valence-corrected chi connectivity index (χ4v) is 3.80. The fraction of sp³-hybridized carbons (Fsp3) is 0.450. The molecule has 0 radical (unpaired) electrons. The maximum atomic E-state index is 12.8. The molecule has 4 rings (SSSR count). The molecule has 1 atom stereocenters. The number of carbonyl (C=O) groups is 1. The van der Waals surface area contributed by atoms with E-state index in [1.807, 2.05) is 54.6 Å². The van der Waals surface area contributed by atoms with Crippen LogP contribution in [0, 0.1) is 13.8 Å². The van der Waals surface area contributed by atoms with Gasteiger partial charge in [-0.05, 0) is 45.7 Å². The number of piperidine rings is 1. The van der Waals surface area contributed by atoms with Crippen molar-refractivity contribution in [3.8, 4) is 0 Å². The summed E-state index contributed by atoms with van der Waals surface area (Å²) in [6.07, 6.45) is 1.91. The Balaban J connectivity index is 1.49. The lowest BCUT2D eigenvalue weighted by molar-refractivity contribution is 0.187. The number of anilines is 1. The summed E-state index contributed by atoms with van der Waals surface area (Å²) < 4.78 is 7.83. The predicted octanol–water partition coefficient (Wildman–Crippen LogP) is 4.07. The maximum Gasteiger partial charge on any atom is 0.321 e. The third kappa shape index (κ3) is 3.29. The monoisotopic (exact) mass is 367 g/mol. The van der Waals surface area contributed by atoms with Crippen molar-refractivity contribution in [3.05, 3.63) is 41.5 Å². The van der Waals surface area contributed by atoms with Gasteiger partial charge in [-0.15, -0.1) is 0 Å². The Morgan fingerprint density at radius 3 is 2.89 bits per heavy atom. The third-order valence-corrected chi connectivity index (χ3v) is 5.28. The highest BCUT2D eigenvalue weighted by molar-refractivity contribution is 5.90. The van der Waals surface area contributed by atoms with E-state index in [1.165, 1.54) is 0 Å². The molecular weight excluding hydrogens is 342 g/mol. The van der Waals surface area contributed by atoms with Crippen molar-refractivity contribution in [3.63, 3.8) is 0 Å². The first-order chi connectivity index (χ1) is 13.1. The molecule has 142 valence electrons. The van der Waals surface area contributed by atoms with Crippen molar-refractivity contribution in [1.29, 1.82) is 0 Å². The Morgan fingerprint density at radius 1 is 1.33 bits per heavy atom. The van der Waals surface area contributed by atoms with Crippen molar-refractivity contribution in [2.45, 2.75) is 46.1 Å². The van der Waals surface area contributed by atoms with E-state index >= 15 is 0 Å². The number of aromatic nitrogens is 3. The van der Waals surface area contributed by atoms with Crippen LogP contribution in [0.1, 0.15) is 43.0 Å². The van der Waals surface area contributed by atoms with Gasteiger partial charge in [-0.2, -0.15) is 5.10 Å². The first kappa shape index (κ1) is 17.6. The Morgan fingerprint density at radius 2 is 2.15 bits per heavy atom. The van der Waals surface area contributed by atoms with Gasteiger partial charge >= 0.3 is 6.03 Å². The van der Waals surface area contributed by atoms with Crippen LogP contribution in [-0.4, -0.2) is 38.8 Å². The lowest BCUT2D eigenvalue weighted by atomic mass is 9.98. The van der Waals surface area contributed by atoms with Crippen LogP contribution in [-0.2, 0) is 6.54 Å². The van der Waals surface area contributed by atoms with E-state index in [1.54, 1.807) is 0 Å². The van der Waals surface area contributed by atoms with Crippen LogP contribution in [0.25, 0.3) is 11.1 Å². The van der Waals surface area contributed by atoms with Gasteiger partial charge in [-0.3, -0.25) is 4.68 Å². The zero-order valence-corrected chi connectivity index (χ0v) is 16.0. The second-order valence-electron chi connectivity index (χ2n) is 7.10. The van der Waals surface area contributed by atoms with Crippen molar-refractivity contribution in [2.24, 2.45) is 0 Å². The minimum atomic E-state index is -0.0855. The summed E-state index contributed by atoms with van der Waals surface area (Å²) in [6, 6.07) is 7.69. The minimum Gasteiger partial charge on any atom is -0.440 e. The van der Waals surface area contributed by atoms with E-state index in [4.69, 9.17) is 4.42 Å². The number of aryl methyl sites for hydroxylation is 2. The van der Waals surface area contributed by atoms with Crippen molar-refractivity contribution < 1.29 is 9.21 Å². The van der Waals surface area contributed by atoms with Gasteiger partial charge in [0.15, 0.2) is 11.5 Å². The van der Waals surface area contributed by atoms with E-state index < -0.39 is 0 Å². The quantitative estimate of drug-likeness (QED) is 0.757. The van der Waals surface area contributed by atoms with Gasteiger partial charge in [0, 0.05) is 19.6 Å². The molecule has 1 fully saturated rings. The number of benzene rings is 1. The molecule has 1 aliphatic heterocycles. The van der Waals surface area contributed by atoms with Gasteiger partial charge in [0.2, 0.25) is 0 Å². The standard InChI is InChI=1S/C20H25N5O2/c1-4-25-14(3)18(13(2)23-25)22-20(26)24-11-7-8-15(12-24)19-21-16-9-5-6-10-17(16)27-19/h5-6,9-10,15H,4,7-8,11-12H2,1-3H3,(H,22,26)/t15-/m1/s1. The maximum absolute atomic E-state index is 12.8. The summed E-state index contributed by atoms with van der Waals surface area (Å²) in [6.45, 7) is 8.08. The minimum absolute atomic E-state index is 0.0855. The molecule has 0 saturated carbocycles. The summed E-state index contributed by atoms with van der Waals surface area (Å²) in [7, 11) is 0. The van der Waals surface area contributed by atoms with Gasteiger partial charge in [-0.25, -0.2) is 9.78 Å². The number of likely N-dealkylation sites (tertiary alicyclic amines) is 1. The lowest BCUT2D eigenvalue weighted by Gasteiger charge is -2.31. The van der Waals surface area contributed by atoms with Crippen LogP contribution in [0.5, 0.6) is 0 Å². The van der Waals surface area contributed by atoms with E-state index in [9.17, 15) is 4.79 Å². The number of nitrogens with one attached hydrogen (secondary N) is 1. The number of nitrogens with zero attached hydrogens (tertiary/aromatic N) is 4. The molecule has 2 amide bonds. The highest BCUT2D eigenvalue weighted by atomic mass is 16.3. The first-order valence-electron chi connectivity index (χ1n) is 9.52. The number of fused-ring (bicyclic) bond motifs is 1. The molecule has 7 nitrogen and oxygen atoms in total. The van der Waals surface area contributed by atoms with Crippen molar-refractivity contribution in [1.82, 2.24) is 19.7 Å². The molecule has 3 aromatic rings. The highest BCUT2D eigenvalue weighted by Crippen LogP contribution is 2.29. The van der Waals surface area contributed by atoms with Gasteiger partial charge in [-0.1, -0.05) is 12.1 Å². The predicted molar refractivity (Wildman–Crippen MR) is 104 cm³/mol. The molecular formula is C20H25N5O2. The summed E-state index contributed by atoms with van der Waals surface area (Å²) in [4.78, 5) is 19.3. The molecule has 1 saturated heterocycles. The molecule has 0 spiro atoms. The van der Waals surface area contributed by atoms with Crippen molar-refractivity contribution in [2.75, 3.05) is 18.4 Å². The average Bonchev–Trinajstić information content (AvgIpc) is 3.24. The molecule has 0 unspecified atom stereocenters. The Bertz CT molecular complexity index is 941. The van der Waals surface area contributed by atoms with Crippen LogP contribution >= 0.6 is 0 Å². The van der Waals surface area contributed by atoms with E-state index in [0.29, 0.717) is 6.54 Å². The largest absolute Gasteiger partial charge is 0.440 e. The molecule has 1 N–H and O–H groups in total. The molecule has 2 aromatic heterocycles. The number of oxazole rings is 1. The fourth-order valence-electron chi connectivity index (χ4n) is 3.80. The summed E-state index contributed by atoms with van der Waals surface area (Å²) in [5, 5.41) is 7.53. The van der Waals surface area contributed by atoms with E-state index in [2.05, 4.69) is 15.4 Å². The van der Waals surface area contributed by atoms with Gasteiger partial charge < -0.3 is 14.6 Å². The van der Waals surface area contributed by atoms with Crippen molar-refractivity contribution >= 4 is 22.8 Å². The van der Waals surface area contributed by atoms with Crippen LogP contribution in [0.3, 0.4) is 0 Å². The number of amides is 2. The Labute approximate surface area is 158 Å². The highest BCUT2D eigenvalue weighted by Gasteiger charge is 2.29. The number of hydrogen-bond donors (Lipinski definition) is 1. The van der Waals surface area contributed by atoms with Gasteiger partial charge in [0.25, 0.3) is 0 Å². The van der Waals surface area contributed by atoms with E-state index in [-0.39, 0.29) is 11.9 Å². The molecule has 1 aliphatic rings. The molecule has 3 heterocycles. The normalized spacial score (nSPS) is 17.4. The first-order valence-corrected chi connectivity index (χ1v) is 9.52. The number of rotatable bonds is 3. The topological polar surface area (TPSA) is 76.2 Å². The Hall–Kier alpha value is -2.83. The van der Waals surface area contributed by atoms with Crippen LogP contribution < -0.4 is 5.32 Å². The zero-order chi connectivity index (χ0) is 19.0. The Kier molecular flexibility index (Phi) is 4.59. The molecule has 7 heteroatoms. The molecule has 0 bridgehead atoms. The summed E-state index contributed by atoms with van der Waals surface area (Å²) in [5.74, 6) is 0.845. The van der Waals surface area contributed by atoms with Crippen LogP contribution in [0.4, 0.5) is 10.5 Å². The van der Waals surface area contributed by atoms with Gasteiger partial charge in [0.1, 0.15) is 5.52 Å². The number of para-hydroxylation sites is 2. The molecule has 1 aromatic carbocycles. The second-order valence-corrected chi connectivity index (χ2v) is 7.10. The molecule has 0 aliphatic carbocycles. The summed E-state index contributed by atoms with van der Waals surface area (Å²) >= 11 is 0.